The van der Waals surface area contributed by atoms with Crippen molar-refractivity contribution in [3.05, 3.63) is 93.7 Å². The highest BCUT2D eigenvalue weighted by atomic mass is 35.5. The fourth-order valence-corrected chi connectivity index (χ4v) is 12.1. The van der Waals surface area contributed by atoms with Gasteiger partial charge in [-0.05, 0) is 61.1 Å². The van der Waals surface area contributed by atoms with Crippen molar-refractivity contribution >= 4 is 46.8 Å². The molecule has 366 valence electrons. The topological polar surface area (TPSA) is 171 Å². The first kappa shape index (κ1) is 47.1. The number of carbonyl (C=O) groups is 3. The van der Waals surface area contributed by atoms with Gasteiger partial charge in [0.05, 0.1) is 40.9 Å². The molecular formula is C51H57ClF2N12O4. The Balaban J connectivity index is 0.767. The molecule has 4 aliphatic heterocycles. The van der Waals surface area contributed by atoms with Crippen molar-refractivity contribution in [3.8, 4) is 22.9 Å². The standard InChI is InChI=1S/C51H57ClF2N12O4/c1-29(67)63-17-13-41-39(28-63)44(65-14-7-8-30-18-37(33-24-58-61(6)25-33)38(43(53)54)20-42(30)65)60-66(41)35-11-15-62(16-12-35)46(69)34-26-64(27-34)49-56-22-32(23-57-49)45(68)59-47-50(2,3)48(51(47,4)5)70-36-10-9-31(21-55)40(52)19-36/h9-10,18-20,22-25,34-35,43,47-48H,7-8,11-17,26-28H2,1-6H3,(H,59,68). The first-order valence-corrected chi connectivity index (χ1v) is 24.4. The number of rotatable bonds is 10. The van der Waals surface area contributed by atoms with Gasteiger partial charge in [0.15, 0.2) is 5.82 Å². The highest BCUT2D eigenvalue weighted by molar-refractivity contribution is 6.31. The maximum absolute atomic E-state index is 14.8. The highest BCUT2D eigenvalue weighted by Crippen LogP contribution is 2.56. The van der Waals surface area contributed by atoms with E-state index in [1.807, 2.05) is 48.5 Å². The van der Waals surface area contributed by atoms with E-state index in [1.54, 1.807) is 55.3 Å². The van der Waals surface area contributed by atoms with Crippen LogP contribution in [0, 0.1) is 28.1 Å². The van der Waals surface area contributed by atoms with Gasteiger partial charge in [0.1, 0.15) is 17.9 Å². The number of hydrogen-bond donors (Lipinski definition) is 1. The number of aromatic nitrogens is 6. The summed E-state index contributed by atoms with van der Waals surface area (Å²) in [6, 6.07) is 10.4. The molecule has 0 spiro atoms. The van der Waals surface area contributed by atoms with Crippen LogP contribution in [0.25, 0.3) is 11.1 Å². The molecule has 7 heterocycles. The number of amides is 3. The van der Waals surface area contributed by atoms with Crippen LogP contribution in [0.1, 0.15) is 105 Å². The molecule has 16 nitrogen and oxygen atoms in total. The third kappa shape index (κ3) is 8.28. The van der Waals surface area contributed by atoms with Crippen LogP contribution in [0.2, 0.25) is 5.02 Å². The molecule has 0 unspecified atom stereocenters. The van der Waals surface area contributed by atoms with E-state index >= 15 is 0 Å². The second kappa shape index (κ2) is 18.0. The number of anilines is 3. The van der Waals surface area contributed by atoms with Crippen LogP contribution in [0.3, 0.4) is 0 Å². The Labute approximate surface area is 410 Å². The zero-order valence-corrected chi connectivity index (χ0v) is 41.0. The van der Waals surface area contributed by atoms with E-state index in [-0.39, 0.29) is 47.4 Å². The molecule has 1 N–H and O–H groups in total. The van der Waals surface area contributed by atoms with E-state index < -0.39 is 17.3 Å². The maximum atomic E-state index is 14.8. The van der Waals surface area contributed by atoms with Crippen LogP contribution in [-0.2, 0) is 36.0 Å². The first-order valence-electron chi connectivity index (χ1n) is 24.0. The van der Waals surface area contributed by atoms with Crippen molar-refractivity contribution in [2.45, 2.75) is 97.9 Å². The fraction of sp³-hybridized carbons (Fsp3) is 0.490. The van der Waals surface area contributed by atoms with Gasteiger partial charge in [-0.15, -0.1) is 0 Å². The summed E-state index contributed by atoms with van der Waals surface area (Å²) in [6.45, 7) is 13.4. The Morgan fingerprint density at radius 3 is 2.33 bits per heavy atom. The minimum Gasteiger partial charge on any atom is -0.489 e. The quantitative estimate of drug-likeness (QED) is 0.148. The Bertz CT molecular complexity index is 2900. The first-order chi connectivity index (χ1) is 33.4. The van der Waals surface area contributed by atoms with E-state index in [1.165, 1.54) is 12.4 Å². The summed E-state index contributed by atoms with van der Waals surface area (Å²) in [5.41, 5.74) is 4.60. The van der Waals surface area contributed by atoms with E-state index in [2.05, 4.69) is 36.0 Å². The number of halogens is 3. The Morgan fingerprint density at radius 1 is 0.957 bits per heavy atom. The number of likely N-dealkylation sites (tertiary alicyclic amines) is 1. The van der Waals surface area contributed by atoms with Gasteiger partial charge >= 0.3 is 0 Å². The average Bonchev–Trinajstić information content (AvgIpc) is 3.94. The van der Waals surface area contributed by atoms with Crippen molar-refractivity contribution in [3.63, 3.8) is 0 Å². The number of hydrogen-bond acceptors (Lipinski definition) is 11. The van der Waals surface area contributed by atoms with Gasteiger partial charge in [0.25, 0.3) is 12.3 Å². The van der Waals surface area contributed by atoms with Gasteiger partial charge in [-0.1, -0.05) is 39.3 Å². The number of piperidine rings is 1. The summed E-state index contributed by atoms with van der Waals surface area (Å²) < 4.78 is 39.6. The highest BCUT2D eigenvalue weighted by Gasteiger charge is 2.64. The molecule has 5 aliphatic rings. The van der Waals surface area contributed by atoms with Crippen molar-refractivity contribution < 1.29 is 27.9 Å². The zero-order chi connectivity index (χ0) is 49.4. The smallest absolute Gasteiger partial charge is 0.264 e. The summed E-state index contributed by atoms with van der Waals surface area (Å²) in [5.74, 6) is 1.28. The van der Waals surface area contributed by atoms with Crippen LogP contribution in [0.15, 0.2) is 55.1 Å². The summed E-state index contributed by atoms with van der Waals surface area (Å²) >= 11 is 6.26. The van der Waals surface area contributed by atoms with Crippen molar-refractivity contribution in [2.75, 3.05) is 49.1 Å². The van der Waals surface area contributed by atoms with Gasteiger partial charge in [0.2, 0.25) is 17.8 Å². The number of carbonyl (C=O) groups excluding carboxylic acids is 3. The Morgan fingerprint density at radius 2 is 1.69 bits per heavy atom. The van der Waals surface area contributed by atoms with Gasteiger partial charge in [-0.25, -0.2) is 18.7 Å². The van der Waals surface area contributed by atoms with E-state index in [0.717, 1.165) is 35.3 Å². The Kier molecular flexibility index (Phi) is 12.1. The summed E-state index contributed by atoms with van der Waals surface area (Å²) in [5, 5.41) is 22.3. The van der Waals surface area contributed by atoms with Gasteiger partial charge in [0, 0.05) is 129 Å². The van der Waals surface area contributed by atoms with Gasteiger partial charge in [-0.3, -0.25) is 23.7 Å². The third-order valence-electron chi connectivity index (χ3n) is 15.4. The number of ether oxygens (including phenoxy) is 1. The molecule has 10 rings (SSSR count). The fourth-order valence-electron chi connectivity index (χ4n) is 11.9. The van der Waals surface area contributed by atoms with Crippen LogP contribution in [0.4, 0.5) is 26.2 Å². The number of nitriles is 1. The van der Waals surface area contributed by atoms with Crippen molar-refractivity contribution in [1.29, 1.82) is 5.26 Å². The number of fused-ring (bicyclic) bond motifs is 2. The van der Waals surface area contributed by atoms with E-state index in [0.29, 0.717) is 110 Å². The van der Waals surface area contributed by atoms with Crippen LogP contribution >= 0.6 is 11.6 Å². The molecule has 1 aliphatic carbocycles. The predicted molar refractivity (Wildman–Crippen MR) is 258 cm³/mol. The summed E-state index contributed by atoms with van der Waals surface area (Å²) in [4.78, 5) is 56.9. The van der Waals surface area contributed by atoms with Crippen molar-refractivity contribution in [1.82, 2.24) is 44.6 Å². The molecule has 3 aromatic heterocycles. The minimum atomic E-state index is -2.69. The molecule has 5 aromatic rings. The lowest BCUT2D eigenvalue weighted by Crippen LogP contribution is -2.74. The molecule has 0 atom stereocenters. The molecule has 0 radical (unpaired) electrons. The lowest BCUT2D eigenvalue weighted by atomic mass is 9.49. The van der Waals surface area contributed by atoms with Crippen LogP contribution in [0.5, 0.6) is 5.75 Å². The second-order valence-corrected chi connectivity index (χ2v) is 21.0. The van der Waals surface area contributed by atoms with Crippen LogP contribution in [-0.4, -0.2) is 108 Å². The van der Waals surface area contributed by atoms with Gasteiger partial charge in [-0.2, -0.15) is 15.5 Å². The lowest BCUT2D eigenvalue weighted by molar-refractivity contribution is -0.164. The summed E-state index contributed by atoms with van der Waals surface area (Å²) in [6.07, 6.45) is 7.05. The largest absolute Gasteiger partial charge is 0.489 e. The summed E-state index contributed by atoms with van der Waals surface area (Å²) in [7, 11) is 1.77. The average molecular weight is 976 g/mol. The molecule has 2 aromatic carbocycles. The van der Waals surface area contributed by atoms with E-state index in [4.69, 9.17) is 21.4 Å². The second-order valence-electron chi connectivity index (χ2n) is 20.6. The maximum Gasteiger partial charge on any atom is 0.264 e. The molecule has 2 saturated heterocycles. The predicted octanol–water partition coefficient (Wildman–Crippen LogP) is 7.44. The van der Waals surface area contributed by atoms with Crippen molar-refractivity contribution in [2.24, 2.45) is 23.8 Å². The number of aryl methyl sites for hydroxylation is 2. The van der Waals surface area contributed by atoms with E-state index in [9.17, 15) is 28.4 Å². The molecule has 70 heavy (non-hydrogen) atoms. The Hall–Kier alpha value is -6.61. The number of nitrogens with zero attached hydrogens (tertiary/aromatic N) is 11. The SMILES string of the molecule is CC(=O)N1CCc2c(c(N3CCCc4cc(-c5cnn(C)c5)c(C(F)F)cc43)nn2C2CCN(C(=O)C3CN(c4ncc(C(=O)NC5C(C)(C)C(Oc6ccc(C#N)c(Cl)c6)C5(C)C)cn4)C3)CC2)C1. The molecule has 1 saturated carbocycles. The lowest BCUT2D eigenvalue weighted by Gasteiger charge is -2.63. The number of benzene rings is 2. The molecule has 3 fully saturated rings. The minimum absolute atomic E-state index is 0.0230. The molecule has 0 bridgehead atoms. The normalized spacial score (nSPS) is 20.8. The number of alkyl halides is 2. The van der Waals surface area contributed by atoms with Crippen LogP contribution < -0.4 is 19.9 Å². The number of nitrogens with one attached hydrogen (secondary N) is 1. The molecular weight excluding hydrogens is 918 g/mol. The zero-order valence-electron chi connectivity index (χ0n) is 40.3. The molecule has 3 amide bonds. The third-order valence-corrected chi connectivity index (χ3v) is 15.7. The van der Waals surface area contributed by atoms with Gasteiger partial charge < -0.3 is 29.7 Å². The monoisotopic (exact) mass is 974 g/mol. The molecule has 19 heteroatoms.